The molecule has 3 nitrogen and oxygen atoms in total. The van der Waals surface area contributed by atoms with E-state index >= 15 is 0 Å². The zero-order valence-electron chi connectivity index (χ0n) is 14.7. The Bertz CT molecular complexity index is 482. The minimum absolute atomic E-state index is 0.139. The van der Waals surface area contributed by atoms with E-state index in [1.807, 2.05) is 18.2 Å². The van der Waals surface area contributed by atoms with Crippen LogP contribution in [-0.4, -0.2) is 19.0 Å². The molecule has 23 heavy (non-hydrogen) atoms. The maximum absolute atomic E-state index is 12.8. The highest BCUT2D eigenvalue weighted by Crippen LogP contribution is 2.45. The van der Waals surface area contributed by atoms with Gasteiger partial charge in [-0.25, -0.2) is 0 Å². The Morgan fingerprint density at radius 3 is 2.48 bits per heavy atom. The number of rotatable bonds is 8. The second-order valence-corrected chi connectivity index (χ2v) is 7.02. The fourth-order valence-electron chi connectivity index (χ4n) is 4.43. The summed E-state index contributed by atoms with van der Waals surface area (Å²) < 4.78 is 0. The zero-order chi connectivity index (χ0) is 16.7. The number of primary amides is 1. The summed E-state index contributed by atoms with van der Waals surface area (Å²) in [6.45, 7) is 6.41. The van der Waals surface area contributed by atoms with Crippen LogP contribution in [0, 0.1) is 11.8 Å². The number of hydrogen-bond acceptors (Lipinski definition) is 2. The van der Waals surface area contributed by atoms with Crippen LogP contribution in [0.5, 0.6) is 0 Å². The van der Waals surface area contributed by atoms with Crippen LogP contribution in [0.25, 0.3) is 0 Å². The lowest BCUT2D eigenvalue weighted by atomic mass is 9.59. The van der Waals surface area contributed by atoms with Crippen molar-refractivity contribution < 1.29 is 4.79 Å². The van der Waals surface area contributed by atoms with E-state index in [-0.39, 0.29) is 11.8 Å². The number of carbonyl (C=O) groups is 1. The van der Waals surface area contributed by atoms with E-state index in [1.165, 1.54) is 19.3 Å². The van der Waals surface area contributed by atoms with Crippen LogP contribution in [-0.2, 0) is 10.2 Å². The molecule has 0 bridgehead atoms. The third kappa shape index (κ3) is 3.77. The van der Waals surface area contributed by atoms with Crippen molar-refractivity contribution in [2.24, 2.45) is 17.6 Å². The quantitative estimate of drug-likeness (QED) is 0.720. The first-order valence-electron chi connectivity index (χ1n) is 9.20. The number of carbonyl (C=O) groups excluding carboxylic acids is 1. The van der Waals surface area contributed by atoms with Gasteiger partial charge in [-0.05, 0) is 49.8 Å². The van der Waals surface area contributed by atoms with Crippen LogP contribution in [0.15, 0.2) is 30.3 Å². The van der Waals surface area contributed by atoms with Gasteiger partial charge in [-0.2, -0.15) is 0 Å². The van der Waals surface area contributed by atoms with E-state index in [0.29, 0.717) is 5.92 Å². The Kier molecular flexibility index (Phi) is 6.64. The molecule has 2 rings (SSSR count). The fraction of sp³-hybridized carbons (Fsp3) is 0.650. The highest BCUT2D eigenvalue weighted by atomic mass is 16.1. The Labute approximate surface area is 141 Å². The molecule has 1 fully saturated rings. The van der Waals surface area contributed by atoms with Gasteiger partial charge >= 0.3 is 0 Å². The van der Waals surface area contributed by atoms with Gasteiger partial charge < -0.3 is 11.1 Å². The molecule has 2 atom stereocenters. The Morgan fingerprint density at radius 2 is 1.91 bits per heavy atom. The van der Waals surface area contributed by atoms with Gasteiger partial charge in [0.25, 0.3) is 0 Å². The summed E-state index contributed by atoms with van der Waals surface area (Å²) in [5, 5.41) is 3.42. The van der Waals surface area contributed by atoms with Gasteiger partial charge in [-0.3, -0.25) is 4.79 Å². The summed E-state index contributed by atoms with van der Waals surface area (Å²) >= 11 is 0. The van der Waals surface area contributed by atoms with E-state index in [1.54, 1.807) is 0 Å². The van der Waals surface area contributed by atoms with Gasteiger partial charge in [0.15, 0.2) is 0 Å². The van der Waals surface area contributed by atoms with E-state index in [2.05, 4.69) is 31.3 Å². The van der Waals surface area contributed by atoms with E-state index in [9.17, 15) is 4.79 Å². The number of nitrogens with one attached hydrogen (secondary N) is 1. The van der Waals surface area contributed by atoms with Crippen molar-refractivity contribution in [1.29, 1.82) is 0 Å². The number of amides is 1. The standard InChI is InChI=1S/C20H32N2O/c1-3-4-6-9-16(2)20(19(21)23,17-10-7-5-8-11-17)18-12-14-22-15-13-18/h5,7-8,10-11,16,18,22H,3-4,6,9,12-15H2,1-2H3,(H2,21,23). The van der Waals surface area contributed by atoms with Crippen molar-refractivity contribution in [3.05, 3.63) is 35.9 Å². The van der Waals surface area contributed by atoms with Crippen molar-refractivity contribution in [3.63, 3.8) is 0 Å². The SMILES string of the molecule is CCCCCC(C)C(C(N)=O)(c1ccccc1)C1CCNCC1. The first kappa shape index (κ1) is 18.0. The van der Waals surface area contributed by atoms with Gasteiger partial charge in [0.2, 0.25) is 5.91 Å². The molecule has 1 aliphatic heterocycles. The third-order valence-corrected chi connectivity index (χ3v) is 5.66. The molecular weight excluding hydrogens is 284 g/mol. The molecule has 0 aromatic heterocycles. The molecular formula is C20H32N2O. The molecule has 1 amide bonds. The predicted molar refractivity (Wildman–Crippen MR) is 96.2 cm³/mol. The Hall–Kier alpha value is -1.35. The van der Waals surface area contributed by atoms with Crippen LogP contribution in [0.3, 0.4) is 0 Å². The number of hydrogen-bond donors (Lipinski definition) is 2. The summed E-state index contributed by atoms with van der Waals surface area (Å²) in [7, 11) is 0. The van der Waals surface area contributed by atoms with E-state index in [0.717, 1.165) is 37.9 Å². The highest BCUT2D eigenvalue weighted by Gasteiger charge is 2.49. The smallest absolute Gasteiger partial charge is 0.228 e. The molecule has 0 saturated carbocycles. The molecule has 3 heteroatoms. The predicted octanol–water partition coefficient (Wildman–Crippen LogP) is 3.63. The van der Waals surface area contributed by atoms with Crippen LogP contribution >= 0.6 is 0 Å². The monoisotopic (exact) mass is 316 g/mol. The van der Waals surface area contributed by atoms with Crippen molar-refractivity contribution in [3.8, 4) is 0 Å². The number of benzene rings is 1. The van der Waals surface area contributed by atoms with Crippen molar-refractivity contribution in [2.75, 3.05) is 13.1 Å². The summed E-state index contributed by atoms with van der Waals surface area (Å²) in [5.41, 5.74) is 6.66. The molecule has 2 unspecified atom stereocenters. The minimum Gasteiger partial charge on any atom is -0.369 e. The average molecular weight is 316 g/mol. The van der Waals surface area contributed by atoms with E-state index in [4.69, 9.17) is 5.73 Å². The molecule has 0 radical (unpaired) electrons. The van der Waals surface area contributed by atoms with Gasteiger partial charge in [-0.1, -0.05) is 63.4 Å². The molecule has 0 aliphatic carbocycles. The van der Waals surface area contributed by atoms with Crippen LogP contribution in [0.1, 0.15) is 57.9 Å². The molecule has 128 valence electrons. The zero-order valence-corrected chi connectivity index (χ0v) is 14.7. The molecule has 1 aromatic rings. The van der Waals surface area contributed by atoms with E-state index < -0.39 is 5.41 Å². The van der Waals surface area contributed by atoms with Gasteiger partial charge in [0.1, 0.15) is 0 Å². The molecule has 0 spiro atoms. The first-order valence-corrected chi connectivity index (χ1v) is 9.20. The lowest BCUT2D eigenvalue weighted by Gasteiger charge is -2.45. The van der Waals surface area contributed by atoms with Crippen LogP contribution in [0.4, 0.5) is 0 Å². The van der Waals surface area contributed by atoms with Crippen LogP contribution in [0.2, 0.25) is 0 Å². The average Bonchev–Trinajstić information content (AvgIpc) is 2.57. The second kappa shape index (κ2) is 8.49. The fourth-order valence-corrected chi connectivity index (χ4v) is 4.43. The normalized spacial score (nSPS) is 19.9. The number of nitrogens with two attached hydrogens (primary N) is 1. The number of piperidine rings is 1. The second-order valence-electron chi connectivity index (χ2n) is 7.02. The lowest BCUT2D eigenvalue weighted by Crippen LogP contribution is -2.54. The van der Waals surface area contributed by atoms with Crippen molar-refractivity contribution in [2.45, 2.75) is 57.8 Å². The largest absolute Gasteiger partial charge is 0.369 e. The highest BCUT2D eigenvalue weighted by molar-refractivity contribution is 5.87. The third-order valence-electron chi connectivity index (χ3n) is 5.66. The summed E-state index contributed by atoms with van der Waals surface area (Å²) in [5.74, 6) is 0.469. The van der Waals surface area contributed by atoms with Crippen molar-refractivity contribution >= 4 is 5.91 Å². The van der Waals surface area contributed by atoms with Gasteiger partial charge in [0.05, 0.1) is 5.41 Å². The molecule has 1 aliphatic rings. The Balaban J connectivity index is 2.39. The van der Waals surface area contributed by atoms with Gasteiger partial charge in [-0.15, -0.1) is 0 Å². The van der Waals surface area contributed by atoms with Crippen LogP contribution < -0.4 is 11.1 Å². The van der Waals surface area contributed by atoms with Gasteiger partial charge in [0, 0.05) is 0 Å². The molecule has 1 saturated heterocycles. The minimum atomic E-state index is -0.531. The first-order chi connectivity index (χ1) is 11.1. The number of unbranched alkanes of at least 4 members (excludes halogenated alkanes) is 2. The maximum Gasteiger partial charge on any atom is 0.228 e. The summed E-state index contributed by atoms with van der Waals surface area (Å²) in [4.78, 5) is 12.8. The molecule has 1 heterocycles. The maximum atomic E-state index is 12.8. The summed E-state index contributed by atoms with van der Waals surface area (Å²) in [6, 6.07) is 10.3. The Morgan fingerprint density at radius 1 is 1.26 bits per heavy atom. The molecule has 3 N–H and O–H groups in total. The lowest BCUT2D eigenvalue weighted by molar-refractivity contribution is -0.128. The van der Waals surface area contributed by atoms with Crippen molar-refractivity contribution in [1.82, 2.24) is 5.32 Å². The topological polar surface area (TPSA) is 55.1 Å². The summed E-state index contributed by atoms with van der Waals surface area (Å²) in [6.07, 6.45) is 6.71. The molecule has 1 aromatic carbocycles.